The van der Waals surface area contributed by atoms with Crippen molar-refractivity contribution in [3.63, 3.8) is 0 Å². The van der Waals surface area contributed by atoms with Crippen LogP contribution in [0.2, 0.25) is 0 Å². The van der Waals surface area contributed by atoms with Gasteiger partial charge in [-0.3, -0.25) is 9.69 Å². The number of rotatable bonds is 6. The van der Waals surface area contributed by atoms with Gasteiger partial charge < -0.3 is 11.1 Å². The van der Waals surface area contributed by atoms with Crippen LogP contribution in [0.25, 0.3) is 0 Å². The van der Waals surface area contributed by atoms with Gasteiger partial charge in [0.05, 0.1) is 0 Å². The fraction of sp³-hybridized carbons (Fsp3) is 0.909. The Morgan fingerprint density at radius 2 is 2.13 bits per heavy atom. The van der Waals surface area contributed by atoms with E-state index in [9.17, 15) is 4.79 Å². The van der Waals surface area contributed by atoms with Crippen molar-refractivity contribution in [3.05, 3.63) is 0 Å². The largest absolute Gasteiger partial charge is 0.354 e. The van der Waals surface area contributed by atoms with Crippen molar-refractivity contribution in [2.75, 3.05) is 13.6 Å². The lowest BCUT2D eigenvalue weighted by Gasteiger charge is -2.24. The van der Waals surface area contributed by atoms with E-state index in [4.69, 9.17) is 5.73 Å². The fourth-order valence-corrected chi connectivity index (χ4v) is 1.61. The molecule has 1 saturated carbocycles. The Hall–Kier alpha value is -0.610. The number of hydrogen-bond donors (Lipinski definition) is 2. The summed E-state index contributed by atoms with van der Waals surface area (Å²) in [7, 11) is 2.13. The van der Waals surface area contributed by atoms with Gasteiger partial charge in [0.1, 0.15) is 0 Å². The first-order chi connectivity index (χ1) is 7.00. The predicted octanol–water partition coefficient (Wildman–Crippen LogP) is 0.323. The van der Waals surface area contributed by atoms with Crippen molar-refractivity contribution in [2.24, 2.45) is 5.73 Å². The van der Waals surface area contributed by atoms with Gasteiger partial charge in [0.2, 0.25) is 5.91 Å². The molecule has 15 heavy (non-hydrogen) atoms. The molecule has 1 rings (SSSR count). The Labute approximate surface area is 92.2 Å². The van der Waals surface area contributed by atoms with E-state index in [0.29, 0.717) is 12.5 Å². The van der Waals surface area contributed by atoms with E-state index in [1.807, 2.05) is 6.92 Å². The van der Waals surface area contributed by atoms with E-state index in [0.717, 1.165) is 12.6 Å². The average molecular weight is 213 g/mol. The Bertz CT molecular complexity index is 214. The molecular weight excluding hydrogens is 190 g/mol. The molecule has 88 valence electrons. The van der Waals surface area contributed by atoms with E-state index in [1.165, 1.54) is 12.8 Å². The minimum absolute atomic E-state index is 0.0542. The second kappa shape index (κ2) is 5.47. The van der Waals surface area contributed by atoms with Crippen molar-refractivity contribution in [1.29, 1.82) is 0 Å². The summed E-state index contributed by atoms with van der Waals surface area (Å²) in [6, 6.07) is 1.10. The van der Waals surface area contributed by atoms with Crippen LogP contribution >= 0.6 is 0 Å². The van der Waals surface area contributed by atoms with Gasteiger partial charge in [-0.05, 0) is 33.7 Å². The first-order valence-corrected chi connectivity index (χ1v) is 5.75. The van der Waals surface area contributed by atoms with E-state index < -0.39 is 0 Å². The summed E-state index contributed by atoms with van der Waals surface area (Å²) < 4.78 is 0. The summed E-state index contributed by atoms with van der Waals surface area (Å²) in [5, 5.41) is 2.92. The Morgan fingerprint density at radius 1 is 1.53 bits per heavy atom. The zero-order chi connectivity index (χ0) is 11.4. The highest BCUT2D eigenvalue weighted by Gasteiger charge is 2.29. The molecule has 2 atom stereocenters. The molecule has 0 aliphatic heterocycles. The standard InChI is InChI=1S/C11H23N3O/c1-8(12)6-11(15)13-7-9(2)14(3)10-4-5-10/h8-10H,4-7,12H2,1-3H3,(H,13,15). The number of carbonyl (C=O) groups excluding carboxylic acids is 1. The number of amides is 1. The molecule has 4 nitrogen and oxygen atoms in total. The minimum atomic E-state index is -0.0542. The maximum atomic E-state index is 11.4. The highest BCUT2D eigenvalue weighted by atomic mass is 16.1. The van der Waals surface area contributed by atoms with E-state index >= 15 is 0 Å². The number of nitrogens with zero attached hydrogens (tertiary/aromatic N) is 1. The summed E-state index contributed by atoms with van der Waals surface area (Å²) >= 11 is 0. The van der Waals surface area contributed by atoms with Crippen molar-refractivity contribution >= 4 is 5.91 Å². The zero-order valence-corrected chi connectivity index (χ0v) is 9.99. The molecule has 1 aliphatic carbocycles. The third-order valence-electron chi connectivity index (χ3n) is 2.92. The van der Waals surface area contributed by atoms with E-state index in [1.54, 1.807) is 0 Å². The summed E-state index contributed by atoms with van der Waals surface area (Å²) in [5.74, 6) is 0.0565. The number of nitrogens with one attached hydrogen (secondary N) is 1. The first kappa shape index (κ1) is 12.5. The monoisotopic (exact) mass is 213 g/mol. The van der Waals surface area contributed by atoms with Crippen LogP contribution < -0.4 is 11.1 Å². The van der Waals surface area contributed by atoms with Gasteiger partial charge in [0.15, 0.2) is 0 Å². The number of hydrogen-bond acceptors (Lipinski definition) is 3. The number of nitrogens with two attached hydrogens (primary N) is 1. The first-order valence-electron chi connectivity index (χ1n) is 5.75. The minimum Gasteiger partial charge on any atom is -0.354 e. The predicted molar refractivity (Wildman–Crippen MR) is 61.5 cm³/mol. The van der Waals surface area contributed by atoms with Crippen LogP contribution in [0.5, 0.6) is 0 Å². The fourth-order valence-electron chi connectivity index (χ4n) is 1.61. The topological polar surface area (TPSA) is 58.4 Å². The van der Waals surface area contributed by atoms with E-state index in [-0.39, 0.29) is 11.9 Å². The third-order valence-corrected chi connectivity index (χ3v) is 2.92. The molecule has 0 bridgehead atoms. The van der Waals surface area contributed by atoms with Gasteiger partial charge in [-0.1, -0.05) is 0 Å². The van der Waals surface area contributed by atoms with Gasteiger partial charge >= 0.3 is 0 Å². The summed E-state index contributed by atoms with van der Waals surface area (Å²) in [6.45, 7) is 4.71. The van der Waals surface area contributed by atoms with E-state index in [2.05, 4.69) is 24.2 Å². The SMILES string of the molecule is CC(N)CC(=O)NCC(C)N(C)C1CC1. The summed E-state index contributed by atoms with van der Waals surface area (Å²) in [5.41, 5.74) is 5.55. The summed E-state index contributed by atoms with van der Waals surface area (Å²) in [6.07, 6.45) is 3.02. The molecule has 0 spiro atoms. The lowest BCUT2D eigenvalue weighted by molar-refractivity contribution is -0.121. The maximum absolute atomic E-state index is 11.4. The third kappa shape index (κ3) is 4.62. The molecule has 1 amide bonds. The second-order valence-electron chi connectivity index (χ2n) is 4.73. The number of carbonyl (C=O) groups is 1. The van der Waals surface area contributed by atoms with Crippen molar-refractivity contribution in [3.8, 4) is 0 Å². The zero-order valence-electron chi connectivity index (χ0n) is 9.99. The van der Waals surface area contributed by atoms with Crippen LogP contribution in [0.3, 0.4) is 0 Å². The quantitative estimate of drug-likeness (QED) is 0.668. The van der Waals surface area contributed by atoms with Crippen molar-refractivity contribution in [2.45, 2.75) is 51.2 Å². The number of likely N-dealkylation sites (N-methyl/N-ethyl adjacent to an activating group) is 1. The highest BCUT2D eigenvalue weighted by molar-refractivity contribution is 5.76. The molecular formula is C11H23N3O. The van der Waals surface area contributed by atoms with Gasteiger partial charge in [-0.15, -0.1) is 0 Å². The molecule has 1 fully saturated rings. The highest BCUT2D eigenvalue weighted by Crippen LogP contribution is 2.26. The maximum Gasteiger partial charge on any atom is 0.221 e. The van der Waals surface area contributed by atoms with Crippen molar-refractivity contribution < 1.29 is 4.79 Å². The molecule has 0 aromatic heterocycles. The molecule has 0 aromatic rings. The average Bonchev–Trinajstić information content (AvgIpc) is 2.95. The van der Waals surface area contributed by atoms with Crippen LogP contribution in [0.4, 0.5) is 0 Å². The van der Waals surface area contributed by atoms with Gasteiger partial charge in [0.25, 0.3) is 0 Å². The molecule has 1 aliphatic rings. The van der Waals surface area contributed by atoms with Crippen molar-refractivity contribution in [1.82, 2.24) is 10.2 Å². The molecule has 3 N–H and O–H groups in total. The lowest BCUT2D eigenvalue weighted by Crippen LogP contribution is -2.42. The normalized spacial score (nSPS) is 20.1. The molecule has 4 heteroatoms. The Balaban J connectivity index is 2.15. The van der Waals surface area contributed by atoms with Crippen LogP contribution in [-0.4, -0.2) is 42.5 Å². The Morgan fingerprint density at radius 3 is 2.60 bits per heavy atom. The van der Waals surface area contributed by atoms with Crippen LogP contribution in [-0.2, 0) is 4.79 Å². The van der Waals surface area contributed by atoms with Crippen LogP contribution in [0.1, 0.15) is 33.1 Å². The molecule has 2 unspecified atom stereocenters. The molecule has 0 heterocycles. The van der Waals surface area contributed by atoms with Crippen LogP contribution in [0, 0.1) is 0 Å². The second-order valence-corrected chi connectivity index (χ2v) is 4.73. The lowest BCUT2D eigenvalue weighted by atomic mass is 10.2. The smallest absolute Gasteiger partial charge is 0.221 e. The van der Waals surface area contributed by atoms with Gasteiger partial charge in [-0.2, -0.15) is 0 Å². The molecule has 0 aromatic carbocycles. The van der Waals surface area contributed by atoms with Crippen LogP contribution in [0.15, 0.2) is 0 Å². The Kier molecular flexibility index (Phi) is 4.54. The van der Waals surface area contributed by atoms with Gasteiger partial charge in [-0.25, -0.2) is 0 Å². The molecule has 0 saturated heterocycles. The van der Waals surface area contributed by atoms with Gasteiger partial charge in [0, 0.05) is 31.1 Å². The summed E-state index contributed by atoms with van der Waals surface area (Å²) in [4.78, 5) is 13.7. The molecule has 0 radical (unpaired) electrons.